The van der Waals surface area contributed by atoms with E-state index in [1.807, 2.05) is 19.1 Å². The Morgan fingerprint density at radius 1 is 1.21 bits per heavy atom. The summed E-state index contributed by atoms with van der Waals surface area (Å²) in [6.45, 7) is 10.3. The van der Waals surface area contributed by atoms with Gasteiger partial charge in [-0.15, -0.1) is 0 Å². The van der Waals surface area contributed by atoms with Gasteiger partial charge in [0, 0.05) is 5.56 Å². The molecule has 126 valence electrons. The minimum atomic E-state index is -0.0943. The topological polar surface area (TPSA) is 38.3 Å². The first-order valence-corrected chi connectivity index (χ1v) is 8.24. The van der Waals surface area contributed by atoms with Crippen LogP contribution in [0.5, 0.6) is 5.75 Å². The Morgan fingerprint density at radius 2 is 1.92 bits per heavy atom. The largest absolute Gasteiger partial charge is 0.489 e. The van der Waals surface area contributed by atoms with Gasteiger partial charge in [0.2, 0.25) is 0 Å². The molecule has 0 spiro atoms. The average Bonchev–Trinajstić information content (AvgIpc) is 2.59. The molecule has 2 aromatic rings. The predicted molar refractivity (Wildman–Crippen MR) is 98.4 cm³/mol. The molecule has 3 nitrogen and oxygen atoms in total. The van der Waals surface area contributed by atoms with Gasteiger partial charge >= 0.3 is 0 Å². The third-order valence-corrected chi connectivity index (χ3v) is 3.77. The summed E-state index contributed by atoms with van der Waals surface area (Å²) >= 11 is 0. The standard InChI is InChI=1S/C21H25NO2/c1-5-20(17-11-9-16(4)10-12-17)22-21(23)18-7-6-8-19(13-18)24-14-15(2)3/h6-13,20H,2,5,14H2,1,3-4H3,(H,22,23)/t20-/m0/s1. The second-order valence-corrected chi connectivity index (χ2v) is 6.12. The number of ether oxygens (including phenoxy) is 1. The number of aryl methyl sites for hydroxylation is 1. The summed E-state index contributed by atoms with van der Waals surface area (Å²) in [6.07, 6.45) is 0.834. The first-order chi connectivity index (χ1) is 11.5. The highest BCUT2D eigenvalue weighted by Gasteiger charge is 2.14. The quantitative estimate of drug-likeness (QED) is 0.741. The summed E-state index contributed by atoms with van der Waals surface area (Å²) in [6, 6.07) is 15.5. The van der Waals surface area contributed by atoms with Crippen molar-refractivity contribution >= 4 is 5.91 Å². The zero-order chi connectivity index (χ0) is 17.5. The maximum atomic E-state index is 12.6. The van der Waals surface area contributed by atoms with E-state index in [0.29, 0.717) is 17.9 Å². The lowest BCUT2D eigenvalue weighted by Crippen LogP contribution is -2.28. The minimum Gasteiger partial charge on any atom is -0.489 e. The fourth-order valence-corrected chi connectivity index (χ4v) is 2.40. The molecular formula is C21H25NO2. The van der Waals surface area contributed by atoms with Crippen LogP contribution in [0, 0.1) is 6.92 Å². The number of benzene rings is 2. The molecular weight excluding hydrogens is 298 g/mol. The van der Waals surface area contributed by atoms with Gasteiger partial charge in [0.05, 0.1) is 6.04 Å². The molecule has 1 atom stereocenters. The van der Waals surface area contributed by atoms with Crippen molar-refractivity contribution < 1.29 is 9.53 Å². The van der Waals surface area contributed by atoms with E-state index in [1.165, 1.54) is 5.56 Å². The van der Waals surface area contributed by atoms with Crippen LogP contribution in [0.4, 0.5) is 0 Å². The number of hydrogen-bond donors (Lipinski definition) is 1. The number of hydrogen-bond acceptors (Lipinski definition) is 2. The molecule has 0 fully saturated rings. The van der Waals surface area contributed by atoms with E-state index in [-0.39, 0.29) is 11.9 Å². The Bertz CT molecular complexity index is 704. The molecule has 0 radical (unpaired) electrons. The lowest BCUT2D eigenvalue weighted by molar-refractivity contribution is 0.0935. The molecule has 0 aromatic heterocycles. The second kappa shape index (κ2) is 8.34. The van der Waals surface area contributed by atoms with Crippen molar-refractivity contribution in [2.75, 3.05) is 6.61 Å². The van der Waals surface area contributed by atoms with E-state index in [1.54, 1.807) is 12.1 Å². The van der Waals surface area contributed by atoms with Crippen LogP contribution in [0.25, 0.3) is 0 Å². The number of nitrogens with one attached hydrogen (secondary N) is 1. The lowest BCUT2D eigenvalue weighted by Gasteiger charge is -2.18. The molecule has 0 saturated carbocycles. The number of rotatable bonds is 7. The number of amides is 1. The zero-order valence-corrected chi connectivity index (χ0v) is 14.6. The summed E-state index contributed by atoms with van der Waals surface area (Å²) in [5, 5.41) is 3.10. The maximum absolute atomic E-state index is 12.6. The van der Waals surface area contributed by atoms with Gasteiger partial charge < -0.3 is 10.1 Å². The minimum absolute atomic E-state index is 0.00176. The average molecular weight is 323 g/mol. The predicted octanol–water partition coefficient (Wildman–Crippen LogP) is 4.83. The van der Waals surface area contributed by atoms with Crippen LogP contribution in [0.3, 0.4) is 0 Å². The van der Waals surface area contributed by atoms with E-state index in [0.717, 1.165) is 17.6 Å². The van der Waals surface area contributed by atoms with Crippen LogP contribution in [-0.2, 0) is 0 Å². The Labute approximate surface area is 144 Å². The molecule has 1 amide bonds. The second-order valence-electron chi connectivity index (χ2n) is 6.12. The van der Waals surface area contributed by atoms with E-state index in [4.69, 9.17) is 4.74 Å². The van der Waals surface area contributed by atoms with Crippen LogP contribution < -0.4 is 10.1 Å². The van der Waals surface area contributed by atoms with Gasteiger partial charge in [-0.25, -0.2) is 0 Å². The van der Waals surface area contributed by atoms with Crippen molar-refractivity contribution in [3.05, 3.63) is 77.4 Å². The summed E-state index contributed by atoms with van der Waals surface area (Å²) in [7, 11) is 0. The van der Waals surface area contributed by atoms with Crippen LogP contribution in [0.2, 0.25) is 0 Å². The van der Waals surface area contributed by atoms with Crippen LogP contribution in [0.15, 0.2) is 60.7 Å². The molecule has 24 heavy (non-hydrogen) atoms. The molecule has 0 unspecified atom stereocenters. The van der Waals surface area contributed by atoms with E-state index in [9.17, 15) is 4.79 Å². The fourth-order valence-electron chi connectivity index (χ4n) is 2.40. The first kappa shape index (κ1) is 17.8. The van der Waals surface area contributed by atoms with Crippen molar-refractivity contribution in [1.29, 1.82) is 0 Å². The van der Waals surface area contributed by atoms with E-state index in [2.05, 4.69) is 50.0 Å². The summed E-state index contributed by atoms with van der Waals surface area (Å²) in [4.78, 5) is 12.6. The third kappa shape index (κ3) is 4.98. The summed E-state index contributed by atoms with van der Waals surface area (Å²) in [5.41, 5.74) is 3.86. The monoisotopic (exact) mass is 323 g/mol. The normalized spacial score (nSPS) is 11.6. The first-order valence-electron chi connectivity index (χ1n) is 8.24. The summed E-state index contributed by atoms with van der Waals surface area (Å²) in [5.74, 6) is 0.581. The zero-order valence-electron chi connectivity index (χ0n) is 14.6. The van der Waals surface area contributed by atoms with Gasteiger partial charge in [-0.2, -0.15) is 0 Å². The van der Waals surface area contributed by atoms with E-state index >= 15 is 0 Å². The van der Waals surface area contributed by atoms with Crippen molar-refractivity contribution in [1.82, 2.24) is 5.32 Å². The van der Waals surface area contributed by atoms with Gasteiger partial charge in [-0.3, -0.25) is 4.79 Å². The smallest absolute Gasteiger partial charge is 0.251 e. The number of carbonyl (C=O) groups excluding carboxylic acids is 1. The van der Waals surface area contributed by atoms with Crippen LogP contribution in [-0.4, -0.2) is 12.5 Å². The van der Waals surface area contributed by atoms with Crippen molar-refractivity contribution in [3.8, 4) is 5.75 Å². The van der Waals surface area contributed by atoms with Gasteiger partial charge in [0.25, 0.3) is 5.91 Å². The molecule has 0 bridgehead atoms. The molecule has 0 aliphatic carbocycles. The molecule has 0 aliphatic rings. The molecule has 2 rings (SSSR count). The Morgan fingerprint density at radius 3 is 2.54 bits per heavy atom. The van der Waals surface area contributed by atoms with Gasteiger partial charge in [0.1, 0.15) is 12.4 Å². The summed E-state index contributed by atoms with van der Waals surface area (Å²) < 4.78 is 5.61. The molecule has 0 aliphatic heterocycles. The Kier molecular flexibility index (Phi) is 6.19. The molecule has 1 N–H and O–H groups in total. The molecule has 2 aromatic carbocycles. The van der Waals surface area contributed by atoms with Crippen LogP contribution >= 0.6 is 0 Å². The van der Waals surface area contributed by atoms with Crippen molar-refractivity contribution in [3.63, 3.8) is 0 Å². The highest BCUT2D eigenvalue weighted by molar-refractivity contribution is 5.94. The molecule has 0 heterocycles. The maximum Gasteiger partial charge on any atom is 0.251 e. The molecule has 0 saturated heterocycles. The fraction of sp³-hybridized carbons (Fsp3) is 0.286. The van der Waals surface area contributed by atoms with Crippen molar-refractivity contribution in [2.45, 2.75) is 33.2 Å². The van der Waals surface area contributed by atoms with Crippen molar-refractivity contribution in [2.24, 2.45) is 0 Å². The Balaban J connectivity index is 2.08. The highest BCUT2D eigenvalue weighted by Crippen LogP contribution is 2.19. The van der Waals surface area contributed by atoms with Gasteiger partial charge in [-0.1, -0.05) is 49.4 Å². The Hall–Kier alpha value is -2.55. The third-order valence-electron chi connectivity index (χ3n) is 3.77. The van der Waals surface area contributed by atoms with Gasteiger partial charge in [-0.05, 0) is 49.6 Å². The molecule has 3 heteroatoms. The number of carbonyl (C=O) groups is 1. The highest BCUT2D eigenvalue weighted by atomic mass is 16.5. The lowest BCUT2D eigenvalue weighted by atomic mass is 10.0. The van der Waals surface area contributed by atoms with Gasteiger partial charge in [0.15, 0.2) is 0 Å². The van der Waals surface area contributed by atoms with E-state index < -0.39 is 0 Å². The SMILES string of the molecule is C=C(C)COc1cccc(C(=O)N[C@@H](CC)c2ccc(C)cc2)c1. The van der Waals surface area contributed by atoms with Crippen LogP contribution in [0.1, 0.15) is 47.8 Å².